The third-order valence-electron chi connectivity index (χ3n) is 2.29. The maximum atomic E-state index is 5.42. The highest BCUT2D eigenvalue weighted by Crippen LogP contribution is 1.91. The van der Waals surface area contributed by atoms with Crippen molar-refractivity contribution in [1.82, 2.24) is 4.58 Å². The van der Waals surface area contributed by atoms with Crippen molar-refractivity contribution < 1.29 is 4.42 Å². The number of fused-ring (bicyclic) bond motifs is 1. The summed E-state index contributed by atoms with van der Waals surface area (Å²) in [5.74, 6) is 0. The molecule has 0 amide bonds. The van der Waals surface area contributed by atoms with Crippen molar-refractivity contribution in [3.63, 3.8) is 0 Å². The van der Waals surface area contributed by atoms with Crippen LogP contribution in [-0.4, -0.2) is 12.6 Å². The van der Waals surface area contributed by atoms with Crippen LogP contribution in [0.4, 0.5) is 0 Å². The zero-order valence-corrected chi connectivity index (χ0v) is 7.58. The largest absolute Gasteiger partial charge is 0.413 e. The van der Waals surface area contributed by atoms with Gasteiger partial charge in [-0.25, -0.2) is 0 Å². The number of nitrogens with zero attached hydrogens (tertiary/aromatic N) is 1. The van der Waals surface area contributed by atoms with Gasteiger partial charge in [0.05, 0.1) is 11.5 Å². The van der Waals surface area contributed by atoms with Crippen molar-refractivity contribution >= 4 is 6.08 Å². The summed E-state index contributed by atoms with van der Waals surface area (Å²) in [7, 11) is 0. The summed E-state index contributed by atoms with van der Waals surface area (Å²) in [4.78, 5) is 0. The molecule has 0 fully saturated rings. The predicted octanol–water partition coefficient (Wildman–Crippen LogP) is 0.363. The molecule has 0 aliphatic carbocycles. The maximum absolute atomic E-state index is 5.42. The van der Waals surface area contributed by atoms with Gasteiger partial charge in [0, 0.05) is 6.42 Å². The molecule has 12 heavy (non-hydrogen) atoms. The van der Waals surface area contributed by atoms with Crippen LogP contribution in [0.15, 0.2) is 16.7 Å². The molecule has 0 spiro atoms. The Morgan fingerprint density at radius 1 is 1.50 bits per heavy atom. The number of rotatable bonds is 1. The summed E-state index contributed by atoms with van der Waals surface area (Å²) < 4.78 is 7.73. The van der Waals surface area contributed by atoms with Crippen LogP contribution >= 0.6 is 0 Å². The summed E-state index contributed by atoms with van der Waals surface area (Å²) in [5, 5.41) is 1.25. The molecule has 0 N–H and O–H groups in total. The summed E-state index contributed by atoms with van der Waals surface area (Å²) in [6.07, 6.45) is 5.13. The van der Waals surface area contributed by atoms with Gasteiger partial charge in [0.15, 0.2) is 6.04 Å². The molecule has 0 saturated heterocycles. The first-order chi connectivity index (χ1) is 5.79. The molecular formula is C10H14NO+. The van der Waals surface area contributed by atoms with Gasteiger partial charge >= 0.3 is 5.55 Å². The van der Waals surface area contributed by atoms with E-state index in [1.165, 1.54) is 5.22 Å². The predicted molar refractivity (Wildman–Crippen MR) is 48.3 cm³/mol. The van der Waals surface area contributed by atoms with Crippen molar-refractivity contribution in [2.75, 3.05) is 6.54 Å². The van der Waals surface area contributed by atoms with E-state index in [4.69, 9.17) is 4.42 Å². The Hall–Kier alpha value is -1.05. The molecule has 0 radical (unpaired) electrons. The van der Waals surface area contributed by atoms with Gasteiger partial charge in [0.1, 0.15) is 6.54 Å². The lowest BCUT2D eigenvalue weighted by Gasteiger charge is -2.06. The zero-order chi connectivity index (χ0) is 8.55. The highest BCUT2D eigenvalue weighted by molar-refractivity contribution is 5.22. The van der Waals surface area contributed by atoms with Gasteiger partial charge in [-0.1, -0.05) is 6.08 Å². The fourth-order valence-electron chi connectivity index (χ4n) is 1.65. The maximum Gasteiger partial charge on any atom is 0.374 e. The molecule has 2 heterocycles. The van der Waals surface area contributed by atoms with Crippen LogP contribution in [0.5, 0.6) is 0 Å². The lowest BCUT2D eigenvalue weighted by atomic mass is 10.2. The summed E-state index contributed by atoms with van der Waals surface area (Å²) in [6.45, 7) is 5.47. The van der Waals surface area contributed by atoms with E-state index in [2.05, 4.69) is 24.5 Å². The minimum Gasteiger partial charge on any atom is -0.413 e. The van der Waals surface area contributed by atoms with E-state index in [9.17, 15) is 0 Å². The van der Waals surface area contributed by atoms with E-state index in [-0.39, 0.29) is 0 Å². The Kier molecular flexibility index (Phi) is 1.75. The van der Waals surface area contributed by atoms with Crippen molar-refractivity contribution in [2.24, 2.45) is 0 Å². The topological polar surface area (TPSA) is 16.1 Å². The standard InChI is InChI=1S/C10H14NO/c1-8(2)11-6-3-4-9-5-7-12-10(9)11/h4-5,7-8H,3,6H2,1-2H3/q+1. The molecular weight excluding hydrogens is 150 g/mol. The highest BCUT2D eigenvalue weighted by atomic mass is 16.3. The first-order valence-electron chi connectivity index (χ1n) is 4.46. The normalized spacial score (nSPS) is 16.1. The zero-order valence-electron chi connectivity index (χ0n) is 7.58. The van der Waals surface area contributed by atoms with Gasteiger partial charge in [0.2, 0.25) is 0 Å². The van der Waals surface area contributed by atoms with E-state index in [0.29, 0.717) is 6.04 Å². The quantitative estimate of drug-likeness (QED) is 0.547. The van der Waals surface area contributed by atoms with Crippen LogP contribution in [0.3, 0.4) is 0 Å². The van der Waals surface area contributed by atoms with E-state index in [1.54, 1.807) is 6.26 Å². The van der Waals surface area contributed by atoms with Gasteiger partial charge in [-0.2, -0.15) is 4.58 Å². The molecule has 1 aliphatic heterocycles. The molecule has 0 saturated carbocycles. The van der Waals surface area contributed by atoms with Gasteiger partial charge in [-0.05, 0) is 19.9 Å². The lowest BCUT2D eigenvalue weighted by molar-refractivity contribution is 0.386. The van der Waals surface area contributed by atoms with Crippen LogP contribution in [0, 0.1) is 0 Å². The van der Waals surface area contributed by atoms with Crippen molar-refractivity contribution in [2.45, 2.75) is 26.3 Å². The molecule has 0 atom stereocenters. The lowest BCUT2D eigenvalue weighted by Crippen LogP contribution is -2.44. The Morgan fingerprint density at radius 2 is 2.33 bits per heavy atom. The minimum atomic E-state index is 0.531. The number of hydrogen-bond donors (Lipinski definition) is 0. The summed E-state index contributed by atoms with van der Waals surface area (Å²) >= 11 is 0. The molecule has 64 valence electrons. The van der Waals surface area contributed by atoms with Gasteiger partial charge < -0.3 is 4.42 Å². The van der Waals surface area contributed by atoms with Crippen LogP contribution in [0.1, 0.15) is 20.3 Å². The first-order valence-corrected chi connectivity index (χ1v) is 4.46. The smallest absolute Gasteiger partial charge is 0.374 e. The van der Waals surface area contributed by atoms with Crippen LogP contribution in [0.2, 0.25) is 0 Å². The fraction of sp³-hybridized carbons (Fsp3) is 0.500. The average Bonchev–Trinajstić information content (AvgIpc) is 2.49. The molecule has 2 heteroatoms. The highest BCUT2D eigenvalue weighted by Gasteiger charge is 2.16. The van der Waals surface area contributed by atoms with Gasteiger partial charge in [-0.3, -0.25) is 0 Å². The number of hydrogen-bond acceptors (Lipinski definition) is 1. The average molecular weight is 164 g/mol. The van der Waals surface area contributed by atoms with Crippen LogP contribution in [0.25, 0.3) is 6.08 Å². The van der Waals surface area contributed by atoms with Crippen molar-refractivity contribution in [1.29, 1.82) is 0 Å². The van der Waals surface area contributed by atoms with Gasteiger partial charge in [0.25, 0.3) is 0 Å². The Morgan fingerprint density at radius 3 is 3.08 bits per heavy atom. The molecule has 2 nitrogen and oxygen atoms in total. The fourth-order valence-corrected chi connectivity index (χ4v) is 1.65. The van der Waals surface area contributed by atoms with Crippen LogP contribution in [-0.2, 0) is 0 Å². The second kappa shape index (κ2) is 2.77. The Labute approximate surface area is 71.8 Å². The molecule has 0 bridgehead atoms. The second-order valence-electron chi connectivity index (χ2n) is 3.46. The van der Waals surface area contributed by atoms with E-state index in [0.717, 1.165) is 18.5 Å². The second-order valence-corrected chi connectivity index (χ2v) is 3.46. The van der Waals surface area contributed by atoms with E-state index >= 15 is 0 Å². The third kappa shape index (κ3) is 1.07. The molecule has 1 aromatic heterocycles. The molecule has 0 aromatic carbocycles. The SMILES string of the molecule is CC(C)[N+]1=c2occc2=CCC1. The molecule has 2 rings (SSSR count). The molecule has 1 aliphatic rings. The third-order valence-corrected chi connectivity index (χ3v) is 2.29. The van der Waals surface area contributed by atoms with Gasteiger partial charge in [-0.15, -0.1) is 0 Å². The van der Waals surface area contributed by atoms with E-state index in [1.807, 2.05) is 6.07 Å². The summed E-state index contributed by atoms with van der Waals surface area (Å²) in [5.41, 5.74) is 1.04. The first kappa shape index (κ1) is 7.59. The Bertz CT molecular complexity index is 386. The monoisotopic (exact) mass is 164 g/mol. The van der Waals surface area contributed by atoms with Crippen LogP contribution < -0.4 is 15.3 Å². The number of furan rings is 1. The summed E-state index contributed by atoms with van der Waals surface area (Å²) in [6, 6.07) is 2.56. The molecule has 1 aromatic rings. The minimum absolute atomic E-state index is 0.531. The molecule has 0 unspecified atom stereocenters. The van der Waals surface area contributed by atoms with Crippen molar-refractivity contribution in [3.05, 3.63) is 23.1 Å². The van der Waals surface area contributed by atoms with E-state index < -0.39 is 0 Å². The Balaban J connectivity index is 2.72. The van der Waals surface area contributed by atoms with Crippen molar-refractivity contribution in [3.8, 4) is 0 Å².